The van der Waals surface area contributed by atoms with E-state index in [1.165, 1.54) is 0 Å². The van der Waals surface area contributed by atoms with E-state index in [0.29, 0.717) is 6.54 Å². The number of benzene rings is 1. The lowest BCUT2D eigenvalue weighted by atomic mass is 9.90. The lowest BCUT2D eigenvalue weighted by Gasteiger charge is -2.34. The first-order chi connectivity index (χ1) is 9.04. The molecule has 0 aliphatic heterocycles. The van der Waals surface area contributed by atoms with Gasteiger partial charge < -0.3 is 4.90 Å². The first-order valence-electron chi connectivity index (χ1n) is 6.97. The van der Waals surface area contributed by atoms with Crippen LogP contribution in [-0.2, 0) is 5.54 Å². The van der Waals surface area contributed by atoms with Crippen LogP contribution in [0.1, 0.15) is 32.8 Å². The zero-order valence-corrected chi connectivity index (χ0v) is 12.5. The third-order valence-electron chi connectivity index (χ3n) is 3.10. The van der Waals surface area contributed by atoms with E-state index in [4.69, 9.17) is 0 Å². The minimum absolute atomic E-state index is 0.259. The molecular weight excluding hydrogens is 234 g/mol. The number of hydrogen-bond donors (Lipinski definition) is 1. The van der Waals surface area contributed by atoms with E-state index in [-0.39, 0.29) is 6.04 Å². The third kappa shape index (κ3) is 4.34. The molecule has 0 saturated heterocycles. The quantitative estimate of drug-likeness (QED) is 0.818. The maximum absolute atomic E-state index is 9.76. The standard InChI is InChI=1S/C16H25N3/c1-5-11-19(4)13-16(12-17,18-14(2)3)15-9-7-6-8-10-15/h6-10,14,18H,5,11,13H2,1-4H3. The van der Waals surface area contributed by atoms with Gasteiger partial charge in [0.15, 0.2) is 0 Å². The Kier molecular flexibility index (Phi) is 6.01. The molecule has 0 aromatic heterocycles. The lowest BCUT2D eigenvalue weighted by Crippen LogP contribution is -2.52. The minimum Gasteiger partial charge on any atom is -0.303 e. The summed E-state index contributed by atoms with van der Waals surface area (Å²) in [6.07, 6.45) is 1.09. The number of nitrogens with one attached hydrogen (secondary N) is 1. The minimum atomic E-state index is -0.640. The summed E-state index contributed by atoms with van der Waals surface area (Å²) in [5, 5.41) is 13.2. The Balaban J connectivity index is 3.05. The molecule has 19 heavy (non-hydrogen) atoms. The van der Waals surface area contributed by atoms with Crippen LogP contribution in [0.25, 0.3) is 0 Å². The summed E-state index contributed by atoms with van der Waals surface area (Å²) in [5.41, 5.74) is 0.397. The molecule has 1 aromatic carbocycles. The summed E-state index contributed by atoms with van der Waals surface area (Å²) < 4.78 is 0. The summed E-state index contributed by atoms with van der Waals surface area (Å²) in [6, 6.07) is 12.8. The fourth-order valence-corrected chi connectivity index (χ4v) is 2.43. The second-order valence-corrected chi connectivity index (χ2v) is 5.42. The maximum atomic E-state index is 9.76. The van der Waals surface area contributed by atoms with E-state index >= 15 is 0 Å². The number of nitrogens with zero attached hydrogens (tertiary/aromatic N) is 2. The molecule has 3 heteroatoms. The largest absolute Gasteiger partial charge is 0.303 e. The van der Waals surface area contributed by atoms with Crippen molar-refractivity contribution in [2.75, 3.05) is 20.1 Å². The van der Waals surface area contributed by atoms with E-state index in [1.54, 1.807) is 0 Å². The normalized spacial score (nSPS) is 14.4. The van der Waals surface area contributed by atoms with E-state index in [9.17, 15) is 5.26 Å². The number of nitriles is 1. The van der Waals surface area contributed by atoms with E-state index in [1.807, 2.05) is 30.3 Å². The van der Waals surface area contributed by atoms with Crippen molar-refractivity contribution in [1.82, 2.24) is 10.2 Å². The van der Waals surface area contributed by atoms with E-state index in [0.717, 1.165) is 18.5 Å². The fourth-order valence-electron chi connectivity index (χ4n) is 2.43. The van der Waals surface area contributed by atoms with Gasteiger partial charge in [0, 0.05) is 12.6 Å². The van der Waals surface area contributed by atoms with E-state index in [2.05, 4.69) is 44.1 Å². The van der Waals surface area contributed by atoms with Crippen molar-refractivity contribution in [2.45, 2.75) is 38.8 Å². The molecule has 1 aromatic rings. The van der Waals surface area contributed by atoms with Crippen LogP contribution >= 0.6 is 0 Å². The van der Waals surface area contributed by atoms with Crippen LogP contribution < -0.4 is 5.32 Å². The topological polar surface area (TPSA) is 39.1 Å². The van der Waals surface area contributed by atoms with Gasteiger partial charge in [-0.25, -0.2) is 0 Å². The van der Waals surface area contributed by atoms with Gasteiger partial charge in [0.1, 0.15) is 5.54 Å². The van der Waals surface area contributed by atoms with Crippen LogP contribution in [0.3, 0.4) is 0 Å². The van der Waals surface area contributed by atoms with Crippen LogP contribution in [0.2, 0.25) is 0 Å². The highest BCUT2D eigenvalue weighted by Crippen LogP contribution is 2.22. The number of hydrogen-bond acceptors (Lipinski definition) is 3. The molecule has 0 saturated carbocycles. The number of rotatable bonds is 7. The highest BCUT2D eigenvalue weighted by Gasteiger charge is 2.33. The first-order valence-corrected chi connectivity index (χ1v) is 6.97. The van der Waals surface area contributed by atoms with Crippen LogP contribution in [0.4, 0.5) is 0 Å². The van der Waals surface area contributed by atoms with Gasteiger partial charge in [0.2, 0.25) is 0 Å². The van der Waals surface area contributed by atoms with Gasteiger partial charge in [-0.15, -0.1) is 0 Å². The Bertz CT molecular complexity index is 408. The summed E-state index contributed by atoms with van der Waals surface area (Å²) in [6.45, 7) is 8.00. The predicted octanol–water partition coefficient (Wildman–Crippen LogP) is 2.75. The van der Waals surface area contributed by atoms with Gasteiger partial charge >= 0.3 is 0 Å². The average Bonchev–Trinajstić information content (AvgIpc) is 2.38. The molecule has 0 radical (unpaired) electrons. The Hall–Kier alpha value is -1.37. The molecule has 0 aliphatic carbocycles. The van der Waals surface area contributed by atoms with Gasteiger partial charge in [0.05, 0.1) is 6.07 Å². The molecule has 1 rings (SSSR count). The van der Waals surface area contributed by atoms with Crippen molar-refractivity contribution in [3.05, 3.63) is 35.9 Å². The third-order valence-corrected chi connectivity index (χ3v) is 3.10. The summed E-state index contributed by atoms with van der Waals surface area (Å²) in [4.78, 5) is 2.21. The van der Waals surface area contributed by atoms with Crippen molar-refractivity contribution < 1.29 is 0 Å². The molecule has 1 unspecified atom stereocenters. The fraction of sp³-hybridized carbons (Fsp3) is 0.562. The van der Waals surface area contributed by atoms with Gasteiger partial charge in [-0.2, -0.15) is 5.26 Å². The molecule has 0 heterocycles. The average molecular weight is 259 g/mol. The van der Waals surface area contributed by atoms with Crippen LogP contribution in [0, 0.1) is 11.3 Å². The van der Waals surface area contributed by atoms with Crippen LogP contribution in [0.15, 0.2) is 30.3 Å². The molecular formula is C16H25N3. The Morgan fingerprint density at radius 2 is 1.95 bits per heavy atom. The first kappa shape index (κ1) is 15.7. The molecule has 104 valence electrons. The molecule has 0 fully saturated rings. The SMILES string of the molecule is CCCN(C)CC(C#N)(NC(C)C)c1ccccc1. The molecule has 0 amide bonds. The van der Waals surface area contributed by atoms with Crippen LogP contribution in [0.5, 0.6) is 0 Å². The Labute approximate surface area is 117 Å². The Morgan fingerprint density at radius 3 is 2.42 bits per heavy atom. The van der Waals surface area contributed by atoms with Gasteiger partial charge in [-0.05, 0) is 39.4 Å². The zero-order chi connectivity index (χ0) is 14.3. The summed E-state index contributed by atoms with van der Waals surface area (Å²) in [5.74, 6) is 0. The van der Waals surface area contributed by atoms with Crippen molar-refractivity contribution in [1.29, 1.82) is 5.26 Å². The maximum Gasteiger partial charge on any atom is 0.145 e. The van der Waals surface area contributed by atoms with Crippen molar-refractivity contribution in [3.63, 3.8) is 0 Å². The lowest BCUT2D eigenvalue weighted by molar-refractivity contribution is 0.239. The molecule has 1 atom stereocenters. The van der Waals surface area contributed by atoms with E-state index < -0.39 is 5.54 Å². The highest BCUT2D eigenvalue weighted by molar-refractivity contribution is 5.32. The zero-order valence-electron chi connectivity index (χ0n) is 12.5. The van der Waals surface area contributed by atoms with Gasteiger partial charge in [-0.3, -0.25) is 5.32 Å². The van der Waals surface area contributed by atoms with Crippen molar-refractivity contribution >= 4 is 0 Å². The van der Waals surface area contributed by atoms with Gasteiger partial charge in [-0.1, -0.05) is 37.3 Å². The summed E-state index contributed by atoms with van der Waals surface area (Å²) >= 11 is 0. The molecule has 0 bridgehead atoms. The molecule has 1 N–H and O–H groups in total. The smallest absolute Gasteiger partial charge is 0.145 e. The summed E-state index contributed by atoms with van der Waals surface area (Å²) in [7, 11) is 2.07. The van der Waals surface area contributed by atoms with Crippen LogP contribution in [-0.4, -0.2) is 31.1 Å². The predicted molar refractivity (Wildman–Crippen MR) is 79.8 cm³/mol. The van der Waals surface area contributed by atoms with Gasteiger partial charge in [0.25, 0.3) is 0 Å². The molecule has 0 aliphatic rings. The molecule has 0 spiro atoms. The number of likely N-dealkylation sites (N-methyl/N-ethyl adjacent to an activating group) is 1. The Morgan fingerprint density at radius 1 is 1.32 bits per heavy atom. The second kappa shape index (κ2) is 7.28. The monoisotopic (exact) mass is 259 g/mol. The van der Waals surface area contributed by atoms with Crippen molar-refractivity contribution in [2.24, 2.45) is 0 Å². The van der Waals surface area contributed by atoms with Crippen molar-refractivity contribution in [3.8, 4) is 6.07 Å². The highest BCUT2D eigenvalue weighted by atomic mass is 15.2. The molecule has 3 nitrogen and oxygen atoms in total. The second-order valence-electron chi connectivity index (χ2n) is 5.42.